The zero-order valence-corrected chi connectivity index (χ0v) is 48.2. The molecule has 56 heavy (non-hydrogen) atoms. The summed E-state index contributed by atoms with van der Waals surface area (Å²) in [6.45, 7) is 23.4. The van der Waals surface area contributed by atoms with E-state index < -0.39 is 53.6 Å². The number of rotatable bonds is 25. The first-order valence-electron chi connectivity index (χ1n) is 18.7. The Labute approximate surface area is 407 Å². The van der Waals surface area contributed by atoms with Crippen molar-refractivity contribution in [3.05, 3.63) is 26.3 Å². The van der Waals surface area contributed by atoms with Crippen molar-refractivity contribution >= 4 is 115 Å². The van der Waals surface area contributed by atoms with Crippen LogP contribution in [0.1, 0.15) is 217 Å². The van der Waals surface area contributed by atoms with Gasteiger partial charge in [0.05, 0.1) is 0 Å². The minimum atomic E-state index is -1.32. The Hall–Kier alpha value is 3.16. The van der Waals surface area contributed by atoms with Crippen LogP contribution in [0.3, 0.4) is 0 Å². The third-order valence-electron chi connectivity index (χ3n) is 6.33. The Kier molecular flexibility index (Phi) is 238. The van der Waals surface area contributed by atoms with Crippen molar-refractivity contribution in [2.75, 3.05) is 26.7 Å². The standard InChI is InChI=1S/2C8H17.3C4H9.C2H6O.C2H6S.2C2H4.9CH4.3CH2.2S.4Sn.H/c2*1-3-5-7-8-6-4-2;3*1-3-4-2;2*1-3-2;2*1-2;;;;;;;;;;;;;;;;;;;/h2*1,3-8H2,2H3;3*1,3-4H2,2H3;2*1-2H3;2*1-2H2;9*1H4;3*1H2;;;;;;;. The fraction of sp³-hybridized carbons (Fsp3) is 0.854. The molecule has 356 valence electrons. The quantitative estimate of drug-likeness (QED) is 0.0512. The van der Waals surface area contributed by atoms with Gasteiger partial charge in [0.2, 0.25) is 0 Å². The van der Waals surface area contributed by atoms with Gasteiger partial charge < -0.3 is 4.74 Å². The van der Waals surface area contributed by atoms with Crippen LogP contribution in [0.5, 0.6) is 0 Å². The second kappa shape index (κ2) is 124. The van der Waals surface area contributed by atoms with Gasteiger partial charge in [-0.05, 0) is 12.5 Å². The van der Waals surface area contributed by atoms with Crippen molar-refractivity contribution < 1.29 is 4.74 Å². The molecular weight excluding hydrogens is 1160 g/mol. The van der Waals surface area contributed by atoms with Crippen LogP contribution >= 0.6 is 27.2 Å². The molecule has 0 radical (unpaired) electrons. The number of unbranched alkanes of at least 4 members (excludes halogenated alkanes) is 13. The molecule has 0 spiro atoms. The van der Waals surface area contributed by atoms with Crippen molar-refractivity contribution in [3.63, 3.8) is 0 Å². The van der Waals surface area contributed by atoms with Gasteiger partial charge in [-0.1, -0.05) is 66.8 Å². The van der Waals surface area contributed by atoms with Crippen LogP contribution < -0.4 is 0 Å². The number of thioether (sulfide) groups is 1. The molecule has 0 unspecified atom stereocenters. The van der Waals surface area contributed by atoms with Crippen molar-refractivity contribution in [1.29, 1.82) is 0 Å². The van der Waals surface area contributed by atoms with Gasteiger partial charge in [-0.2, -0.15) is 11.8 Å². The first kappa shape index (κ1) is 107. The van der Waals surface area contributed by atoms with Crippen LogP contribution in [0.2, 0.25) is 22.2 Å². The number of methoxy groups -OCH3 is 1. The van der Waals surface area contributed by atoms with Crippen LogP contribution in [0, 0.1) is 0 Å². The Morgan fingerprint density at radius 1 is 0.482 bits per heavy atom. The average molecular weight is 1290 g/mol. The van der Waals surface area contributed by atoms with Gasteiger partial charge in [0.1, 0.15) is 0 Å². The molecule has 0 heterocycles. The van der Waals surface area contributed by atoms with Crippen molar-refractivity contribution in [2.24, 2.45) is 0 Å². The van der Waals surface area contributed by atoms with Gasteiger partial charge in [0, 0.05) is 14.2 Å². The first-order chi connectivity index (χ1) is 22.8. The molecule has 0 bridgehead atoms. The summed E-state index contributed by atoms with van der Waals surface area (Å²) < 4.78 is 24.5. The van der Waals surface area contributed by atoms with E-state index in [-0.39, 0.29) is 87.5 Å². The van der Waals surface area contributed by atoms with E-state index >= 15 is 0 Å². The van der Waals surface area contributed by atoms with E-state index in [0.29, 0.717) is 0 Å². The van der Waals surface area contributed by atoms with Crippen LogP contribution in [0.25, 0.3) is 0 Å². The van der Waals surface area contributed by atoms with E-state index in [9.17, 15) is 0 Å². The summed E-state index contributed by atoms with van der Waals surface area (Å²) in [5.41, 5.74) is 0. The Bertz CT molecular complexity index is 541. The Balaban J connectivity index is -0.0000000268. The molecule has 0 rings (SSSR count). The number of hydrogen-bond acceptors (Lipinski definition) is 4. The molecule has 1 nitrogen and oxygen atoms in total. The summed E-state index contributed by atoms with van der Waals surface area (Å²) >= 11 is -2.08. The molecular formula is C48H124OS3Sn4. The molecule has 0 fully saturated rings. The fourth-order valence-corrected chi connectivity index (χ4v) is 68.8. The van der Waals surface area contributed by atoms with Crippen LogP contribution in [0.15, 0.2) is 26.3 Å². The second-order valence-corrected chi connectivity index (χ2v) is 56.4. The topological polar surface area (TPSA) is 9.23 Å². The molecule has 0 aliphatic heterocycles. The number of ether oxygens (including phenoxy) is 1. The Morgan fingerprint density at radius 2 is 0.750 bits per heavy atom. The summed E-state index contributed by atoms with van der Waals surface area (Å²) in [4.78, 5) is 0. The summed E-state index contributed by atoms with van der Waals surface area (Å²) in [7, 11) is 8.85. The minimum absolute atomic E-state index is 0. The molecule has 0 aromatic rings. The van der Waals surface area contributed by atoms with Crippen LogP contribution in [-0.4, -0.2) is 115 Å². The maximum absolute atomic E-state index is 5.60. The van der Waals surface area contributed by atoms with Gasteiger partial charge in [0.15, 0.2) is 0 Å². The predicted molar refractivity (Wildman–Crippen MR) is 312 cm³/mol. The molecule has 0 aliphatic rings. The molecule has 0 saturated carbocycles. The third kappa shape index (κ3) is 154. The third-order valence-corrected chi connectivity index (χ3v) is 69.4. The summed E-state index contributed by atoms with van der Waals surface area (Å²) in [6.07, 6.45) is 32.1. The zero-order valence-electron chi connectivity index (χ0n) is 33.9. The van der Waals surface area contributed by atoms with Crippen molar-refractivity contribution in [2.45, 2.75) is 239 Å². The van der Waals surface area contributed by atoms with E-state index in [0.717, 1.165) is 0 Å². The zero-order chi connectivity index (χ0) is 37.8. The summed E-state index contributed by atoms with van der Waals surface area (Å²) in [5, 5.41) is 0. The average Bonchev–Trinajstić information content (AvgIpc) is 3.08. The van der Waals surface area contributed by atoms with E-state index in [1.807, 2.05) is 12.5 Å². The molecule has 0 N–H and O–H groups in total. The summed E-state index contributed by atoms with van der Waals surface area (Å²) in [5.74, 6) is 0. The second-order valence-electron chi connectivity index (χ2n) is 11.3. The molecule has 0 aromatic carbocycles. The maximum atomic E-state index is 5.60. The molecule has 0 atom stereocenters. The van der Waals surface area contributed by atoms with Crippen molar-refractivity contribution in [3.8, 4) is 0 Å². The first-order valence-corrected chi connectivity index (χ1v) is 48.8. The monoisotopic (exact) mass is 1290 g/mol. The van der Waals surface area contributed by atoms with Gasteiger partial charge in [-0.25, -0.2) is 0 Å². The van der Waals surface area contributed by atoms with Gasteiger partial charge in [-0.3, -0.25) is 0 Å². The van der Waals surface area contributed by atoms with Crippen LogP contribution in [-0.2, 0) is 4.74 Å². The number of hydrogen-bond donors (Lipinski definition) is 0. The molecule has 0 aliphatic carbocycles. The molecule has 8 heteroatoms. The summed E-state index contributed by atoms with van der Waals surface area (Å²) in [6, 6.07) is 0. The van der Waals surface area contributed by atoms with E-state index in [4.69, 9.17) is 9.29 Å². The van der Waals surface area contributed by atoms with E-state index in [2.05, 4.69) is 85.4 Å². The molecule has 0 aromatic heterocycles. The van der Waals surface area contributed by atoms with E-state index in [1.165, 1.54) is 129 Å². The predicted octanol–water partition coefficient (Wildman–Crippen LogP) is 19.9. The van der Waals surface area contributed by atoms with Gasteiger partial charge in [-0.15, -0.1) is 26.3 Å². The van der Waals surface area contributed by atoms with Gasteiger partial charge >= 0.3 is 276 Å². The van der Waals surface area contributed by atoms with Gasteiger partial charge in [0.25, 0.3) is 0 Å². The normalized spacial score (nSPS) is 7.45. The van der Waals surface area contributed by atoms with Crippen molar-refractivity contribution in [1.82, 2.24) is 0 Å². The molecule has 0 saturated heterocycles. The SMILES string of the molecule is C.C.C.C.C.C.C.C.C.C=C.C=C.COC.CSC.[CH2]=[SnH][CH2]CCC.[CH2]=[Sn]([CH2]CCC)[S][Sn](=[S])[CH2]CCC.[CH2]=[Sn]([CH2]CCCCCCC)[CH2]CCCCCCC. The molecule has 0 amide bonds. The van der Waals surface area contributed by atoms with E-state index in [1.54, 1.807) is 34.9 Å². The van der Waals surface area contributed by atoms with Crippen LogP contribution in [0.4, 0.5) is 0 Å². The fourth-order valence-electron chi connectivity index (χ4n) is 3.74. The Morgan fingerprint density at radius 3 is 1.02 bits per heavy atom.